The van der Waals surface area contributed by atoms with Gasteiger partial charge in [0.25, 0.3) is 9.04 Å². The lowest BCUT2D eigenvalue weighted by Gasteiger charge is -2.50. The topological polar surface area (TPSA) is 38.5 Å². The molecule has 1 aliphatic carbocycles. The molecule has 6 aromatic rings. The average Bonchev–Trinajstić information content (AvgIpc) is 3.83. The summed E-state index contributed by atoms with van der Waals surface area (Å²) in [5.41, 5.74) is 9.01. The third-order valence-corrected chi connectivity index (χ3v) is 13.2. The predicted molar refractivity (Wildman–Crippen MR) is 214 cm³/mol. The molecule has 0 bridgehead atoms. The summed E-state index contributed by atoms with van der Waals surface area (Å²) in [5.74, 6) is 1.61. The maximum atomic E-state index is 7.97. The largest absolute Gasteiger partial charge is 0.438 e. The van der Waals surface area contributed by atoms with Gasteiger partial charge in [0.05, 0.1) is 6.04 Å². The van der Waals surface area contributed by atoms with E-state index in [1.807, 2.05) is 0 Å². The fourth-order valence-corrected chi connectivity index (χ4v) is 10.6. The molecule has 0 saturated carbocycles. The van der Waals surface area contributed by atoms with Crippen molar-refractivity contribution in [2.45, 2.75) is 83.9 Å². The number of hydrogen-bond acceptors (Lipinski definition) is 4. The fourth-order valence-electron chi connectivity index (χ4n) is 8.40. The number of hydrogen-bond donors (Lipinski definition) is 0. The average molecular weight is 702 g/mol. The highest BCUT2D eigenvalue weighted by molar-refractivity contribution is 6.80. The van der Waals surface area contributed by atoms with E-state index in [-0.39, 0.29) is 11.5 Å². The van der Waals surface area contributed by atoms with Gasteiger partial charge >= 0.3 is 0 Å². The van der Waals surface area contributed by atoms with Gasteiger partial charge in [0, 0.05) is 23.2 Å². The van der Waals surface area contributed by atoms with Crippen LogP contribution in [-0.4, -0.2) is 25.5 Å². The minimum absolute atomic E-state index is 0.0138. The summed E-state index contributed by atoms with van der Waals surface area (Å²) in [4.78, 5) is 8.07. The van der Waals surface area contributed by atoms with Crippen molar-refractivity contribution in [3.63, 3.8) is 0 Å². The van der Waals surface area contributed by atoms with Gasteiger partial charge in [-0.25, -0.2) is 4.98 Å². The Bertz CT molecular complexity index is 2030. The monoisotopic (exact) mass is 701 g/mol. The minimum Gasteiger partial charge on any atom is -0.438 e. The highest BCUT2D eigenvalue weighted by Crippen LogP contribution is 2.51. The van der Waals surface area contributed by atoms with E-state index in [0.717, 1.165) is 67.1 Å². The van der Waals surface area contributed by atoms with Crippen LogP contribution in [0.4, 0.5) is 0 Å². The van der Waals surface area contributed by atoms with Crippen LogP contribution in [0.1, 0.15) is 86.2 Å². The van der Waals surface area contributed by atoms with Crippen molar-refractivity contribution in [2.75, 3.05) is 6.54 Å². The number of benzene rings is 5. The molecule has 2 aliphatic rings. The zero-order valence-corrected chi connectivity index (χ0v) is 32.2. The summed E-state index contributed by atoms with van der Waals surface area (Å²) in [5, 5.41) is 2.51. The summed E-state index contributed by atoms with van der Waals surface area (Å²) in [6, 6.07) is 46.0. The van der Waals surface area contributed by atoms with Crippen LogP contribution in [0.2, 0.25) is 0 Å². The SMILES string of the molecule is Cc1ccc(-c2nc(C3CCCN3C3(O[Si](c4ccccc4)c4ccccc4)CCCc4c(C(C)(C)C)cccc43)oc2-c2ccc(C)cc2)cc1. The number of likely N-dealkylation sites (tertiary alicyclic amines) is 1. The van der Waals surface area contributed by atoms with E-state index in [0.29, 0.717) is 0 Å². The number of aryl methyl sites for hydroxylation is 2. The third kappa shape index (κ3) is 6.51. The molecule has 263 valence electrons. The molecule has 1 aromatic heterocycles. The molecule has 2 unspecified atom stereocenters. The van der Waals surface area contributed by atoms with Crippen molar-refractivity contribution >= 4 is 19.4 Å². The van der Waals surface area contributed by atoms with Gasteiger partial charge in [-0.1, -0.05) is 159 Å². The normalized spacial score (nSPS) is 19.2. The van der Waals surface area contributed by atoms with E-state index in [1.54, 1.807) is 0 Å². The second kappa shape index (κ2) is 14.1. The molecule has 1 fully saturated rings. The Labute approximate surface area is 311 Å². The lowest BCUT2D eigenvalue weighted by Crippen LogP contribution is -2.58. The van der Waals surface area contributed by atoms with Crippen molar-refractivity contribution in [1.29, 1.82) is 0 Å². The number of oxazole rings is 1. The van der Waals surface area contributed by atoms with Crippen LogP contribution >= 0.6 is 0 Å². The first kappa shape index (κ1) is 34.5. The van der Waals surface area contributed by atoms with Crippen LogP contribution in [0, 0.1) is 13.8 Å². The Morgan fingerprint density at radius 3 is 1.96 bits per heavy atom. The van der Waals surface area contributed by atoms with Crippen LogP contribution in [0.5, 0.6) is 0 Å². The predicted octanol–water partition coefficient (Wildman–Crippen LogP) is 10.1. The molecule has 5 heteroatoms. The first-order valence-corrected chi connectivity index (χ1v) is 20.3. The van der Waals surface area contributed by atoms with Gasteiger partial charge < -0.3 is 8.84 Å². The van der Waals surface area contributed by atoms with Crippen molar-refractivity contribution in [3.8, 4) is 22.6 Å². The first-order valence-electron chi connectivity index (χ1n) is 18.9. The highest BCUT2D eigenvalue weighted by atomic mass is 28.3. The maximum absolute atomic E-state index is 7.97. The first-order chi connectivity index (χ1) is 25.2. The summed E-state index contributed by atoms with van der Waals surface area (Å²) in [6.07, 6.45) is 5.02. The van der Waals surface area contributed by atoms with Gasteiger partial charge in [0.15, 0.2) is 5.76 Å². The molecule has 1 aliphatic heterocycles. The van der Waals surface area contributed by atoms with Gasteiger partial charge in [-0.2, -0.15) is 0 Å². The number of fused-ring (bicyclic) bond motifs is 1. The van der Waals surface area contributed by atoms with E-state index in [9.17, 15) is 0 Å². The minimum atomic E-state index is -1.68. The van der Waals surface area contributed by atoms with Crippen LogP contribution in [-0.2, 0) is 22.0 Å². The maximum Gasteiger partial charge on any atom is 0.285 e. The number of nitrogens with zero attached hydrogens (tertiary/aromatic N) is 2. The third-order valence-electron chi connectivity index (χ3n) is 11.0. The molecule has 0 amide bonds. The lowest BCUT2D eigenvalue weighted by molar-refractivity contribution is -0.118. The van der Waals surface area contributed by atoms with Crippen LogP contribution in [0.3, 0.4) is 0 Å². The van der Waals surface area contributed by atoms with E-state index in [2.05, 4.69) is 167 Å². The van der Waals surface area contributed by atoms with Gasteiger partial charge in [0.2, 0.25) is 5.89 Å². The van der Waals surface area contributed by atoms with Gasteiger partial charge in [-0.05, 0) is 72.9 Å². The summed E-state index contributed by atoms with van der Waals surface area (Å²) in [6.45, 7) is 12.2. The molecule has 0 spiro atoms. The zero-order valence-electron chi connectivity index (χ0n) is 31.2. The van der Waals surface area contributed by atoms with Crippen molar-refractivity contribution in [1.82, 2.24) is 9.88 Å². The van der Waals surface area contributed by atoms with E-state index in [1.165, 1.54) is 38.2 Å². The van der Waals surface area contributed by atoms with Crippen LogP contribution < -0.4 is 10.4 Å². The summed E-state index contributed by atoms with van der Waals surface area (Å²) in [7, 11) is -1.68. The molecular formula is C47H49N2O2Si. The van der Waals surface area contributed by atoms with Crippen LogP contribution in [0.25, 0.3) is 22.6 Å². The smallest absolute Gasteiger partial charge is 0.285 e. The zero-order chi connectivity index (χ0) is 35.9. The van der Waals surface area contributed by atoms with Crippen molar-refractivity contribution in [3.05, 3.63) is 161 Å². The van der Waals surface area contributed by atoms with Gasteiger partial charge in [-0.15, -0.1) is 0 Å². The second-order valence-electron chi connectivity index (χ2n) is 15.7. The Morgan fingerprint density at radius 2 is 1.35 bits per heavy atom. The molecule has 5 aromatic carbocycles. The molecular weight excluding hydrogens is 653 g/mol. The Hall–Kier alpha value is -4.55. The van der Waals surface area contributed by atoms with Gasteiger partial charge in [-0.3, -0.25) is 4.90 Å². The van der Waals surface area contributed by atoms with E-state index in [4.69, 9.17) is 13.8 Å². The summed E-state index contributed by atoms with van der Waals surface area (Å²) < 4.78 is 15.0. The van der Waals surface area contributed by atoms with Crippen molar-refractivity contribution < 1.29 is 8.84 Å². The Kier molecular flexibility index (Phi) is 9.37. The Morgan fingerprint density at radius 1 is 0.731 bits per heavy atom. The Balaban J connectivity index is 1.31. The van der Waals surface area contributed by atoms with E-state index < -0.39 is 14.8 Å². The number of rotatable bonds is 8. The quantitative estimate of drug-likeness (QED) is 0.148. The summed E-state index contributed by atoms with van der Waals surface area (Å²) >= 11 is 0. The fraction of sp³-hybridized carbons (Fsp3) is 0.298. The van der Waals surface area contributed by atoms with E-state index >= 15 is 0 Å². The molecule has 0 N–H and O–H groups in total. The molecule has 1 saturated heterocycles. The van der Waals surface area contributed by atoms with Crippen molar-refractivity contribution in [2.24, 2.45) is 0 Å². The molecule has 4 nitrogen and oxygen atoms in total. The second-order valence-corrected chi connectivity index (χ2v) is 17.7. The lowest BCUT2D eigenvalue weighted by atomic mass is 9.75. The molecule has 2 heterocycles. The molecule has 8 rings (SSSR count). The highest BCUT2D eigenvalue weighted by Gasteiger charge is 2.51. The molecule has 1 radical (unpaired) electrons. The number of aromatic nitrogens is 1. The molecule has 52 heavy (non-hydrogen) atoms. The van der Waals surface area contributed by atoms with Crippen LogP contribution in [0.15, 0.2) is 132 Å². The standard InChI is InChI=1S/C47H49N2O2Si/c1-33-23-27-35(28-24-33)43-44(36-29-25-34(2)26-30-36)50-45(48-43)42-22-14-32-49(42)47(31-13-19-39-40(46(3,4)5)20-12-21-41(39)47)51-52(37-15-8-6-9-16-37)38-17-10-7-11-18-38/h6-12,15-18,20-21,23-30,42H,13-14,19,22,31-32H2,1-5H3. The molecule has 2 atom stereocenters. The van der Waals surface area contributed by atoms with Gasteiger partial charge in [0.1, 0.15) is 11.4 Å².